The van der Waals surface area contributed by atoms with Gasteiger partial charge in [-0.1, -0.05) is 72.8 Å². The number of benzene rings is 4. The number of allylic oxidation sites excluding steroid dienone is 2. The fourth-order valence-electron chi connectivity index (χ4n) is 3.82. The molecule has 4 rings (SSSR count). The Bertz CT molecular complexity index is 1580. The molecular weight excluding hydrogens is 504 g/mol. The predicted octanol–water partition coefficient (Wildman–Crippen LogP) is 7.53. The Morgan fingerprint density at radius 3 is 1.65 bits per heavy atom. The molecule has 0 aliphatic heterocycles. The summed E-state index contributed by atoms with van der Waals surface area (Å²) in [4.78, 5) is 38.1. The predicted molar refractivity (Wildman–Crippen MR) is 156 cm³/mol. The van der Waals surface area contributed by atoms with Crippen molar-refractivity contribution in [2.75, 3.05) is 10.6 Å². The quantitative estimate of drug-likeness (QED) is 0.163. The molecule has 200 valence electrons. The highest BCUT2D eigenvalue weighted by molar-refractivity contribution is 6.11. The van der Waals surface area contributed by atoms with E-state index in [-0.39, 0.29) is 34.7 Å². The summed E-state index contributed by atoms with van der Waals surface area (Å²) < 4.78 is 12.6. The Balaban J connectivity index is 1.80. The third kappa shape index (κ3) is 6.90. The summed E-state index contributed by atoms with van der Waals surface area (Å²) in [6.45, 7) is 3.50. The zero-order valence-electron chi connectivity index (χ0n) is 22.1. The van der Waals surface area contributed by atoms with Crippen LogP contribution >= 0.6 is 0 Å². The maximum absolute atomic E-state index is 13.6. The summed E-state index contributed by atoms with van der Waals surface area (Å²) in [7, 11) is 0. The van der Waals surface area contributed by atoms with E-state index in [9.17, 15) is 14.4 Å². The minimum Gasteiger partial charge on any atom is -0.451 e. The lowest BCUT2D eigenvalue weighted by atomic mass is 10.0. The summed E-state index contributed by atoms with van der Waals surface area (Å²) in [6.07, 6.45) is 6.07. The first-order valence-electron chi connectivity index (χ1n) is 12.6. The van der Waals surface area contributed by atoms with Gasteiger partial charge in [-0.15, -0.1) is 0 Å². The van der Waals surface area contributed by atoms with Crippen molar-refractivity contribution in [2.24, 2.45) is 0 Å². The van der Waals surface area contributed by atoms with Crippen molar-refractivity contribution < 1.29 is 23.9 Å². The molecule has 0 bridgehead atoms. The van der Waals surface area contributed by atoms with Gasteiger partial charge < -0.3 is 20.1 Å². The highest BCUT2D eigenvalue weighted by Crippen LogP contribution is 2.42. The van der Waals surface area contributed by atoms with E-state index in [4.69, 9.17) is 9.47 Å². The monoisotopic (exact) mass is 532 g/mol. The smallest absolute Gasteiger partial charge is 0.248 e. The topological polar surface area (TPSA) is 93.7 Å². The minimum absolute atomic E-state index is 0.152. The molecule has 2 N–H and O–H groups in total. The maximum atomic E-state index is 13.6. The lowest BCUT2D eigenvalue weighted by Gasteiger charge is -2.19. The summed E-state index contributed by atoms with van der Waals surface area (Å²) in [6, 6.07) is 27.7. The van der Waals surface area contributed by atoms with E-state index >= 15 is 0 Å². The first-order chi connectivity index (χ1) is 19.5. The van der Waals surface area contributed by atoms with Gasteiger partial charge >= 0.3 is 0 Å². The van der Waals surface area contributed by atoms with Crippen molar-refractivity contribution in [3.63, 3.8) is 0 Å². The van der Waals surface area contributed by atoms with E-state index in [1.54, 1.807) is 117 Å². The molecule has 0 aromatic heterocycles. The highest BCUT2D eigenvalue weighted by Gasteiger charge is 2.22. The van der Waals surface area contributed by atoms with Crippen LogP contribution in [0, 0.1) is 0 Å². The molecule has 7 heteroatoms. The minimum atomic E-state index is -0.325. The number of ether oxygens (including phenoxy) is 2. The molecule has 0 aliphatic rings. The normalized spacial score (nSPS) is 10.8. The number of nitrogens with one attached hydrogen (secondary N) is 2. The SMILES string of the molecule is CC=CC(=O)Nc1ccccc1Oc1cccc(C(=O)c2ccccc2)c1Oc1ccccc1NC(=O)C=CC. The molecule has 0 saturated carbocycles. The van der Waals surface area contributed by atoms with Gasteiger partial charge in [-0.2, -0.15) is 0 Å². The molecule has 0 radical (unpaired) electrons. The van der Waals surface area contributed by atoms with Gasteiger partial charge in [0.2, 0.25) is 11.8 Å². The second kappa shape index (κ2) is 13.4. The molecule has 0 spiro atoms. The summed E-state index contributed by atoms with van der Waals surface area (Å²) in [5, 5.41) is 5.59. The van der Waals surface area contributed by atoms with E-state index < -0.39 is 0 Å². The van der Waals surface area contributed by atoms with Gasteiger partial charge in [0.1, 0.15) is 0 Å². The van der Waals surface area contributed by atoms with E-state index in [2.05, 4.69) is 10.6 Å². The van der Waals surface area contributed by atoms with Crippen LogP contribution in [0.25, 0.3) is 0 Å². The summed E-state index contributed by atoms with van der Waals surface area (Å²) in [5.41, 5.74) is 1.58. The largest absolute Gasteiger partial charge is 0.451 e. The molecular formula is C33H28N2O5. The van der Waals surface area contributed by atoms with Gasteiger partial charge in [0.25, 0.3) is 0 Å². The van der Waals surface area contributed by atoms with Crippen LogP contribution in [0.2, 0.25) is 0 Å². The van der Waals surface area contributed by atoms with Crippen molar-refractivity contribution in [3.05, 3.63) is 132 Å². The number of hydrogen-bond donors (Lipinski definition) is 2. The Morgan fingerprint density at radius 1 is 0.575 bits per heavy atom. The van der Waals surface area contributed by atoms with Crippen LogP contribution in [0.15, 0.2) is 121 Å². The fraction of sp³-hybridized carbons (Fsp3) is 0.0606. The molecule has 4 aromatic carbocycles. The highest BCUT2D eigenvalue weighted by atomic mass is 16.5. The first-order valence-corrected chi connectivity index (χ1v) is 12.6. The van der Waals surface area contributed by atoms with Crippen LogP contribution in [0.4, 0.5) is 11.4 Å². The van der Waals surface area contributed by atoms with E-state index in [1.165, 1.54) is 12.2 Å². The second-order valence-corrected chi connectivity index (χ2v) is 8.50. The number of rotatable bonds is 10. The summed E-state index contributed by atoms with van der Waals surface area (Å²) in [5.74, 6) is 0.148. The standard InChI is InChI=1S/C33H28N2O5/c1-3-13-30(36)34-25-18-8-10-20-27(25)39-29-22-12-17-24(32(38)23-15-6-5-7-16-23)33(29)40-28-21-11-9-19-26(28)35-31(37)14-4-2/h3-22H,1-2H3,(H,34,36)(H,35,37). The maximum Gasteiger partial charge on any atom is 0.248 e. The van der Waals surface area contributed by atoms with Crippen molar-refractivity contribution in [1.29, 1.82) is 0 Å². The molecule has 7 nitrogen and oxygen atoms in total. The van der Waals surface area contributed by atoms with Crippen molar-refractivity contribution in [2.45, 2.75) is 13.8 Å². The van der Waals surface area contributed by atoms with Crippen molar-refractivity contribution in [1.82, 2.24) is 0 Å². The zero-order chi connectivity index (χ0) is 28.3. The first kappa shape index (κ1) is 27.6. The summed E-state index contributed by atoms with van der Waals surface area (Å²) >= 11 is 0. The number of carbonyl (C=O) groups is 3. The molecule has 0 heterocycles. The van der Waals surface area contributed by atoms with Crippen LogP contribution in [-0.4, -0.2) is 17.6 Å². The Hall–Kier alpha value is -5.43. The van der Waals surface area contributed by atoms with E-state index in [0.29, 0.717) is 28.4 Å². The molecule has 0 saturated heterocycles. The van der Waals surface area contributed by atoms with Gasteiger partial charge in [-0.3, -0.25) is 14.4 Å². The number of anilines is 2. The number of amides is 2. The Labute approximate surface area is 232 Å². The van der Waals surface area contributed by atoms with Crippen LogP contribution in [0.3, 0.4) is 0 Å². The van der Waals surface area contributed by atoms with E-state index in [1.807, 2.05) is 6.07 Å². The van der Waals surface area contributed by atoms with Gasteiger partial charge in [-0.25, -0.2) is 0 Å². The molecule has 40 heavy (non-hydrogen) atoms. The second-order valence-electron chi connectivity index (χ2n) is 8.50. The van der Waals surface area contributed by atoms with Crippen molar-refractivity contribution in [3.8, 4) is 23.0 Å². The van der Waals surface area contributed by atoms with Gasteiger partial charge in [0.15, 0.2) is 28.8 Å². The number of para-hydroxylation sites is 5. The van der Waals surface area contributed by atoms with Gasteiger partial charge in [-0.05, 0) is 62.4 Å². The van der Waals surface area contributed by atoms with Crippen LogP contribution in [0.5, 0.6) is 23.0 Å². The molecule has 2 amide bonds. The molecule has 0 fully saturated rings. The fourth-order valence-corrected chi connectivity index (χ4v) is 3.82. The lowest BCUT2D eigenvalue weighted by molar-refractivity contribution is -0.112. The lowest BCUT2D eigenvalue weighted by Crippen LogP contribution is -2.10. The molecule has 4 aromatic rings. The van der Waals surface area contributed by atoms with Crippen LogP contribution in [-0.2, 0) is 9.59 Å². The van der Waals surface area contributed by atoms with Crippen molar-refractivity contribution >= 4 is 29.0 Å². The van der Waals surface area contributed by atoms with Crippen LogP contribution in [0.1, 0.15) is 29.8 Å². The number of ketones is 1. The van der Waals surface area contributed by atoms with Gasteiger partial charge in [0, 0.05) is 5.56 Å². The van der Waals surface area contributed by atoms with E-state index in [0.717, 1.165) is 0 Å². The Kier molecular flexibility index (Phi) is 9.24. The third-order valence-corrected chi connectivity index (χ3v) is 5.62. The third-order valence-electron chi connectivity index (χ3n) is 5.62. The average molecular weight is 533 g/mol. The van der Waals surface area contributed by atoms with Crippen LogP contribution < -0.4 is 20.1 Å². The zero-order valence-corrected chi connectivity index (χ0v) is 22.1. The average Bonchev–Trinajstić information content (AvgIpc) is 2.96. The number of hydrogen-bond acceptors (Lipinski definition) is 5. The number of carbonyl (C=O) groups excluding carboxylic acids is 3. The molecule has 0 aliphatic carbocycles. The Morgan fingerprint density at radius 2 is 1.07 bits per heavy atom. The molecule has 0 atom stereocenters. The van der Waals surface area contributed by atoms with Gasteiger partial charge in [0.05, 0.1) is 16.9 Å². The molecule has 0 unspecified atom stereocenters.